The van der Waals surface area contributed by atoms with Gasteiger partial charge in [0, 0.05) is 26.4 Å². The number of ether oxygens (including phenoxy) is 4. The predicted octanol–water partition coefficient (Wildman–Crippen LogP) is 4.38. The first-order valence-corrected chi connectivity index (χ1v) is 16.6. The Hall–Kier alpha value is 1.32. The zero-order valence-corrected chi connectivity index (χ0v) is 22.2. The zero-order valence-electron chi connectivity index (χ0n) is 16.9. The molecule has 0 aromatic heterocycles. The van der Waals surface area contributed by atoms with Crippen LogP contribution in [0.1, 0.15) is 54.4 Å². The molecule has 0 rings (SSSR count). The van der Waals surface area contributed by atoms with Crippen LogP contribution in [-0.2, 0) is 18.9 Å². The Bertz CT molecular complexity index is 275. The normalized spacial score (nSPS) is 13.7. The van der Waals surface area contributed by atoms with Gasteiger partial charge >= 0.3 is 0 Å². The van der Waals surface area contributed by atoms with Crippen molar-refractivity contribution in [3.63, 3.8) is 0 Å². The van der Waals surface area contributed by atoms with Crippen LogP contribution >= 0.6 is 31.4 Å². The summed E-state index contributed by atoms with van der Waals surface area (Å²) < 4.78 is 23.5. The first kappa shape index (κ1) is 26.3. The Balaban J connectivity index is 4.93. The van der Waals surface area contributed by atoms with E-state index in [1.807, 2.05) is 27.7 Å². The van der Waals surface area contributed by atoms with Crippen molar-refractivity contribution in [1.29, 1.82) is 0 Å². The van der Waals surface area contributed by atoms with Gasteiger partial charge in [-0.2, -0.15) is 0 Å². The van der Waals surface area contributed by atoms with Gasteiger partial charge in [-0.25, -0.2) is 0 Å². The Morgan fingerprint density at radius 2 is 0.920 bits per heavy atom. The summed E-state index contributed by atoms with van der Waals surface area (Å²) in [5.74, 6) is 0. The molecule has 0 saturated heterocycles. The number of rotatable bonds is 18. The molecule has 0 amide bonds. The first-order chi connectivity index (χ1) is 12.1. The van der Waals surface area contributed by atoms with Crippen molar-refractivity contribution in [2.75, 3.05) is 26.4 Å². The van der Waals surface area contributed by atoms with Crippen LogP contribution in [0.2, 0.25) is 12.1 Å². The third kappa shape index (κ3) is 11.0. The van der Waals surface area contributed by atoms with Gasteiger partial charge in [0.25, 0.3) is 0 Å². The van der Waals surface area contributed by atoms with E-state index in [-0.39, 0.29) is 0 Å². The Morgan fingerprint density at radius 1 is 0.600 bits per heavy atom. The summed E-state index contributed by atoms with van der Waals surface area (Å²) in [5.41, 5.74) is 0. The highest BCUT2D eigenvalue weighted by Crippen LogP contribution is 2.50. The minimum absolute atomic E-state index is 0.437. The molecule has 0 aromatic rings. The smallest absolute Gasteiger partial charge is 0.200 e. The van der Waals surface area contributed by atoms with Crippen LogP contribution in [0.15, 0.2) is 0 Å². The third-order valence-corrected chi connectivity index (χ3v) is 15.2. The summed E-state index contributed by atoms with van der Waals surface area (Å²) in [6.45, 7) is 15.4. The molecule has 152 valence electrons. The highest BCUT2D eigenvalue weighted by atomic mass is 33.5. The molecule has 0 radical (unpaired) electrons. The molecule has 9 heteroatoms. The molecule has 0 fully saturated rings. The maximum atomic E-state index is 6.09. The molecule has 0 heterocycles. The van der Waals surface area contributed by atoms with E-state index in [4.69, 9.17) is 18.9 Å². The van der Waals surface area contributed by atoms with Crippen LogP contribution in [0.4, 0.5) is 0 Å². The summed E-state index contributed by atoms with van der Waals surface area (Å²) in [6.07, 6.45) is 2.38. The number of hydrogen-bond donors (Lipinski definition) is 0. The van der Waals surface area contributed by atoms with Gasteiger partial charge < -0.3 is 18.9 Å². The SMILES string of the molecule is CCC[SiH2]C(OCC)(OCC)SSSC(OCC)(OCC)[SiH2]CCC. The average Bonchev–Trinajstić information content (AvgIpc) is 2.59. The van der Waals surface area contributed by atoms with Gasteiger partial charge in [0.1, 0.15) is 19.0 Å². The molecule has 25 heavy (non-hydrogen) atoms. The maximum Gasteiger partial charge on any atom is 0.200 e. The quantitative estimate of drug-likeness (QED) is 0.176. The lowest BCUT2D eigenvalue weighted by molar-refractivity contribution is -0.109. The molecule has 0 aliphatic heterocycles. The lowest BCUT2D eigenvalue weighted by Gasteiger charge is -2.35. The summed E-state index contributed by atoms with van der Waals surface area (Å²) >= 11 is 0. The fraction of sp³-hybridized carbons (Fsp3) is 1.00. The summed E-state index contributed by atoms with van der Waals surface area (Å²) in [5, 5.41) is 0. The first-order valence-electron chi connectivity index (χ1n) is 9.66. The van der Waals surface area contributed by atoms with Crippen LogP contribution in [0.3, 0.4) is 0 Å². The Kier molecular flexibility index (Phi) is 17.2. The van der Waals surface area contributed by atoms with Crippen molar-refractivity contribution >= 4 is 50.5 Å². The zero-order chi connectivity index (χ0) is 19.0. The van der Waals surface area contributed by atoms with Crippen molar-refractivity contribution in [1.82, 2.24) is 0 Å². The van der Waals surface area contributed by atoms with Crippen LogP contribution < -0.4 is 0 Å². The molecule has 0 unspecified atom stereocenters. The van der Waals surface area contributed by atoms with Crippen LogP contribution in [0.5, 0.6) is 0 Å². The van der Waals surface area contributed by atoms with Gasteiger partial charge in [-0.3, -0.25) is 0 Å². The molecule has 0 aromatic carbocycles. The maximum absolute atomic E-state index is 6.09. The van der Waals surface area contributed by atoms with Crippen molar-refractivity contribution in [3.05, 3.63) is 0 Å². The molecule has 4 nitrogen and oxygen atoms in total. The van der Waals surface area contributed by atoms with Gasteiger partial charge in [-0.15, -0.1) is 0 Å². The molecule has 0 saturated carbocycles. The average molecular weight is 447 g/mol. The van der Waals surface area contributed by atoms with Gasteiger partial charge in [-0.05, 0) is 59.1 Å². The van der Waals surface area contributed by atoms with Crippen LogP contribution in [0.25, 0.3) is 0 Å². The summed E-state index contributed by atoms with van der Waals surface area (Å²) in [6, 6.07) is 2.45. The van der Waals surface area contributed by atoms with Gasteiger partial charge in [0.15, 0.2) is 0 Å². The molecular weight excluding hydrogens is 409 g/mol. The Labute approximate surface area is 171 Å². The van der Waals surface area contributed by atoms with E-state index in [1.54, 1.807) is 31.4 Å². The van der Waals surface area contributed by atoms with E-state index in [2.05, 4.69) is 13.8 Å². The van der Waals surface area contributed by atoms with Gasteiger partial charge in [0.05, 0.1) is 0 Å². The standard InChI is InChI=1S/C16H38O4S3Si2/c1-7-13-24-15(17-9-3,18-10-4)21-23-22-16(19-11-5,20-12-6)25-14-8-2/h7-14,24-25H2,1-6H3. The molecular formula is C16H38O4S3Si2. The Morgan fingerprint density at radius 3 is 1.16 bits per heavy atom. The van der Waals surface area contributed by atoms with Crippen molar-refractivity contribution in [2.45, 2.75) is 76.0 Å². The van der Waals surface area contributed by atoms with Crippen molar-refractivity contribution < 1.29 is 18.9 Å². The molecule has 0 aliphatic rings. The van der Waals surface area contributed by atoms with Crippen LogP contribution in [-0.4, -0.2) is 55.0 Å². The van der Waals surface area contributed by atoms with Gasteiger partial charge in [-0.1, -0.05) is 38.8 Å². The van der Waals surface area contributed by atoms with Crippen LogP contribution in [0, 0.1) is 0 Å². The molecule has 0 spiro atoms. The minimum atomic E-state index is -0.493. The fourth-order valence-electron chi connectivity index (χ4n) is 2.34. The van der Waals surface area contributed by atoms with E-state index < -0.39 is 28.5 Å². The topological polar surface area (TPSA) is 36.9 Å². The van der Waals surface area contributed by atoms with E-state index in [1.165, 1.54) is 24.9 Å². The number of hydrogen-bond acceptors (Lipinski definition) is 7. The lowest BCUT2D eigenvalue weighted by Crippen LogP contribution is -2.40. The fourth-order valence-corrected chi connectivity index (χ4v) is 15.3. The molecule has 0 aliphatic carbocycles. The molecule has 0 N–H and O–H groups in total. The molecule has 0 bridgehead atoms. The van der Waals surface area contributed by atoms with E-state index in [0.29, 0.717) is 26.4 Å². The van der Waals surface area contributed by atoms with Crippen molar-refractivity contribution in [3.8, 4) is 0 Å². The van der Waals surface area contributed by atoms with E-state index >= 15 is 0 Å². The minimum Gasteiger partial charge on any atom is -0.345 e. The predicted molar refractivity (Wildman–Crippen MR) is 122 cm³/mol. The monoisotopic (exact) mass is 446 g/mol. The van der Waals surface area contributed by atoms with E-state index in [9.17, 15) is 0 Å². The second kappa shape index (κ2) is 16.3. The largest absolute Gasteiger partial charge is 0.345 e. The summed E-state index contributed by atoms with van der Waals surface area (Å²) in [4.78, 5) is 0. The van der Waals surface area contributed by atoms with Gasteiger partial charge in [0.2, 0.25) is 9.48 Å². The second-order valence-electron chi connectivity index (χ2n) is 5.54. The molecule has 0 atom stereocenters. The highest BCUT2D eigenvalue weighted by Gasteiger charge is 2.37. The second-order valence-corrected chi connectivity index (χ2v) is 15.2. The highest BCUT2D eigenvalue weighted by molar-refractivity contribution is 9.10. The van der Waals surface area contributed by atoms with E-state index in [0.717, 1.165) is 0 Å². The summed E-state index contributed by atoms with van der Waals surface area (Å²) in [7, 11) is 4.20. The third-order valence-electron chi connectivity index (χ3n) is 3.45. The lowest BCUT2D eigenvalue weighted by atomic mass is 10.6. The van der Waals surface area contributed by atoms with Crippen molar-refractivity contribution in [2.24, 2.45) is 0 Å².